The van der Waals surface area contributed by atoms with E-state index in [9.17, 15) is 0 Å². The van der Waals surface area contributed by atoms with Crippen molar-refractivity contribution in [3.63, 3.8) is 0 Å². The second-order valence-corrected chi connectivity index (χ2v) is 3.87. The zero-order valence-corrected chi connectivity index (χ0v) is 8.30. The van der Waals surface area contributed by atoms with E-state index in [1.54, 1.807) is 0 Å². The molecule has 0 fully saturated rings. The topological polar surface area (TPSA) is 28.1 Å². The largest absolute Gasteiger partial charge is 0.352 e. The molecule has 0 amide bonds. The van der Waals surface area contributed by atoms with Gasteiger partial charge in [-0.05, 0) is 18.1 Å². The molecule has 0 aliphatic carbocycles. The normalized spacial score (nSPS) is 14.6. The van der Waals surface area contributed by atoms with Gasteiger partial charge in [0.1, 0.15) is 0 Å². The quantitative estimate of drug-likeness (QED) is 0.684. The molecule has 1 aliphatic rings. The lowest BCUT2D eigenvalue weighted by molar-refractivity contribution is 0.957. The molecule has 70 valence electrons. The molecule has 0 spiro atoms. The van der Waals surface area contributed by atoms with Gasteiger partial charge < -0.3 is 4.98 Å². The summed E-state index contributed by atoms with van der Waals surface area (Å²) >= 11 is 6.10. The summed E-state index contributed by atoms with van der Waals surface area (Å²) in [6.07, 6.45) is 2.90. The van der Waals surface area contributed by atoms with Gasteiger partial charge in [-0.2, -0.15) is 0 Å². The summed E-state index contributed by atoms with van der Waals surface area (Å²) < 4.78 is 0. The molecule has 0 radical (unpaired) electrons. The number of aromatic nitrogens is 1. The number of aliphatic imine (C=N–C) groups is 1. The number of aromatic amines is 1. The molecule has 0 bridgehead atoms. The lowest BCUT2D eigenvalue weighted by atomic mass is 10.1. The molecule has 1 aromatic carbocycles. The Morgan fingerprint density at radius 2 is 2.29 bits per heavy atom. The molecular weight excluding hydrogens is 196 g/mol. The summed E-state index contributed by atoms with van der Waals surface area (Å²) in [6.45, 7) is 0.881. The van der Waals surface area contributed by atoms with Crippen molar-refractivity contribution in [3.05, 3.63) is 34.5 Å². The molecule has 3 rings (SSSR count). The Labute approximate surface area is 86.6 Å². The lowest BCUT2D eigenvalue weighted by Gasteiger charge is -2.03. The molecule has 0 saturated carbocycles. The molecule has 1 aromatic heterocycles. The maximum atomic E-state index is 6.10. The van der Waals surface area contributed by atoms with Gasteiger partial charge in [0.25, 0.3) is 0 Å². The zero-order valence-electron chi connectivity index (χ0n) is 7.55. The fourth-order valence-corrected chi connectivity index (χ4v) is 2.19. The van der Waals surface area contributed by atoms with Crippen LogP contribution < -0.4 is 0 Å². The molecule has 2 nitrogen and oxygen atoms in total. The van der Waals surface area contributed by atoms with Crippen LogP contribution in [0.4, 0.5) is 0 Å². The predicted molar refractivity (Wildman–Crippen MR) is 59.5 cm³/mol. The number of nitrogens with one attached hydrogen (secondary N) is 1. The number of para-hydroxylation sites is 1. The van der Waals surface area contributed by atoms with Gasteiger partial charge in [0.05, 0.1) is 16.2 Å². The van der Waals surface area contributed by atoms with Crippen molar-refractivity contribution in [2.45, 2.75) is 6.42 Å². The standard InChI is InChI=1S/C11H9ClN2/c12-9-3-1-2-8-7-4-5-13-6-10(7)14-11(8)9/h1-3,6,14H,4-5H2. The van der Waals surface area contributed by atoms with Crippen LogP contribution in [-0.2, 0) is 6.42 Å². The number of benzene rings is 1. The number of H-pyrrole nitrogens is 1. The highest BCUT2D eigenvalue weighted by Crippen LogP contribution is 2.28. The minimum Gasteiger partial charge on any atom is -0.352 e. The highest BCUT2D eigenvalue weighted by molar-refractivity contribution is 6.35. The second kappa shape index (κ2) is 2.85. The van der Waals surface area contributed by atoms with Crippen molar-refractivity contribution in [2.24, 2.45) is 4.99 Å². The molecule has 2 heterocycles. The van der Waals surface area contributed by atoms with Crippen molar-refractivity contribution in [1.29, 1.82) is 0 Å². The third-order valence-corrected chi connectivity index (χ3v) is 2.95. The Bertz CT molecular complexity index is 525. The number of hydrogen-bond acceptors (Lipinski definition) is 1. The predicted octanol–water partition coefficient (Wildman–Crippen LogP) is 2.80. The van der Waals surface area contributed by atoms with E-state index in [0.717, 1.165) is 29.2 Å². The molecular formula is C11H9ClN2. The van der Waals surface area contributed by atoms with Crippen molar-refractivity contribution in [3.8, 4) is 0 Å². The van der Waals surface area contributed by atoms with E-state index in [2.05, 4.69) is 16.0 Å². The van der Waals surface area contributed by atoms with Crippen LogP contribution in [0.1, 0.15) is 11.3 Å². The highest BCUT2D eigenvalue weighted by atomic mass is 35.5. The molecule has 1 aliphatic heterocycles. The third kappa shape index (κ3) is 1.01. The maximum absolute atomic E-state index is 6.10. The molecule has 3 heteroatoms. The smallest absolute Gasteiger partial charge is 0.0651 e. The van der Waals surface area contributed by atoms with Crippen LogP contribution in [0.3, 0.4) is 0 Å². The summed E-state index contributed by atoms with van der Waals surface area (Å²) in [6, 6.07) is 6.00. The summed E-state index contributed by atoms with van der Waals surface area (Å²) in [5.74, 6) is 0. The van der Waals surface area contributed by atoms with Gasteiger partial charge in [-0.15, -0.1) is 0 Å². The van der Waals surface area contributed by atoms with Gasteiger partial charge in [0.2, 0.25) is 0 Å². The number of rotatable bonds is 0. The van der Waals surface area contributed by atoms with Gasteiger partial charge in [-0.25, -0.2) is 0 Å². The SMILES string of the molecule is Clc1cccc2c3c([nH]c12)C=NCC3. The van der Waals surface area contributed by atoms with Crippen molar-refractivity contribution < 1.29 is 0 Å². The van der Waals surface area contributed by atoms with Gasteiger partial charge in [-0.3, -0.25) is 4.99 Å². The van der Waals surface area contributed by atoms with Crippen molar-refractivity contribution >= 4 is 28.7 Å². The van der Waals surface area contributed by atoms with Gasteiger partial charge in [0.15, 0.2) is 0 Å². The average molecular weight is 205 g/mol. The van der Waals surface area contributed by atoms with E-state index < -0.39 is 0 Å². The number of nitrogens with zero attached hydrogens (tertiary/aromatic N) is 1. The second-order valence-electron chi connectivity index (χ2n) is 3.46. The van der Waals surface area contributed by atoms with Gasteiger partial charge >= 0.3 is 0 Å². The van der Waals surface area contributed by atoms with Crippen LogP contribution in [0.5, 0.6) is 0 Å². The lowest BCUT2D eigenvalue weighted by Crippen LogP contribution is -2.00. The first-order valence-corrected chi connectivity index (χ1v) is 5.03. The van der Waals surface area contributed by atoms with Crippen LogP contribution in [-0.4, -0.2) is 17.7 Å². The van der Waals surface area contributed by atoms with Crippen LogP contribution >= 0.6 is 11.6 Å². The first kappa shape index (κ1) is 8.06. The summed E-state index contributed by atoms with van der Waals surface area (Å²) in [5.41, 5.74) is 3.49. The highest BCUT2D eigenvalue weighted by Gasteiger charge is 2.13. The van der Waals surface area contributed by atoms with Crippen LogP contribution in [0.2, 0.25) is 5.02 Å². The van der Waals surface area contributed by atoms with Gasteiger partial charge in [-0.1, -0.05) is 23.7 Å². The fraction of sp³-hybridized carbons (Fsp3) is 0.182. The van der Waals surface area contributed by atoms with E-state index in [1.165, 1.54) is 10.9 Å². The van der Waals surface area contributed by atoms with Crippen LogP contribution in [0.15, 0.2) is 23.2 Å². The molecule has 0 unspecified atom stereocenters. The maximum Gasteiger partial charge on any atom is 0.0651 e. The number of halogens is 1. The first-order valence-electron chi connectivity index (χ1n) is 4.65. The Balaban J connectivity index is 2.43. The molecule has 0 saturated heterocycles. The third-order valence-electron chi connectivity index (χ3n) is 2.63. The Hall–Kier alpha value is -1.28. The number of hydrogen-bond donors (Lipinski definition) is 1. The molecule has 2 aromatic rings. The minimum absolute atomic E-state index is 0.783. The van der Waals surface area contributed by atoms with Gasteiger partial charge in [0, 0.05) is 18.1 Å². The van der Waals surface area contributed by atoms with E-state index in [-0.39, 0.29) is 0 Å². The van der Waals surface area contributed by atoms with E-state index >= 15 is 0 Å². The van der Waals surface area contributed by atoms with E-state index in [4.69, 9.17) is 11.6 Å². The zero-order chi connectivity index (χ0) is 9.54. The van der Waals surface area contributed by atoms with Crippen molar-refractivity contribution in [1.82, 2.24) is 4.98 Å². The molecule has 1 N–H and O–H groups in total. The number of fused-ring (bicyclic) bond motifs is 3. The summed E-state index contributed by atoms with van der Waals surface area (Å²) in [4.78, 5) is 7.55. The van der Waals surface area contributed by atoms with Crippen LogP contribution in [0.25, 0.3) is 10.9 Å². The van der Waals surface area contributed by atoms with E-state index in [1.807, 2.05) is 18.3 Å². The summed E-state index contributed by atoms with van der Waals surface area (Å²) in [5, 5.41) is 2.02. The minimum atomic E-state index is 0.783. The Morgan fingerprint density at radius 1 is 1.36 bits per heavy atom. The monoisotopic (exact) mass is 204 g/mol. The van der Waals surface area contributed by atoms with Crippen LogP contribution in [0, 0.1) is 0 Å². The summed E-state index contributed by atoms with van der Waals surface area (Å²) in [7, 11) is 0. The van der Waals surface area contributed by atoms with Crippen molar-refractivity contribution in [2.75, 3.05) is 6.54 Å². The Morgan fingerprint density at radius 3 is 3.21 bits per heavy atom. The first-order chi connectivity index (χ1) is 6.86. The molecule has 0 atom stereocenters. The van der Waals surface area contributed by atoms with E-state index in [0.29, 0.717) is 0 Å². The average Bonchev–Trinajstić information content (AvgIpc) is 2.59. The Kier molecular flexibility index (Phi) is 1.64. The fourth-order valence-electron chi connectivity index (χ4n) is 1.97. The molecule has 14 heavy (non-hydrogen) atoms.